The second kappa shape index (κ2) is 6.55. The van der Waals surface area contributed by atoms with Crippen molar-refractivity contribution in [3.63, 3.8) is 0 Å². The number of halogens is 1. The summed E-state index contributed by atoms with van der Waals surface area (Å²) in [6.07, 6.45) is 3.74. The van der Waals surface area contributed by atoms with Crippen LogP contribution in [0.25, 0.3) is 0 Å². The molecule has 0 aliphatic carbocycles. The maximum Gasteiger partial charge on any atom is 0.0409 e. The van der Waals surface area contributed by atoms with Gasteiger partial charge in [0.1, 0.15) is 0 Å². The summed E-state index contributed by atoms with van der Waals surface area (Å²) in [5, 5.41) is 0.831. The van der Waals surface area contributed by atoms with Crippen molar-refractivity contribution >= 4 is 11.6 Å². The van der Waals surface area contributed by atoms with E-state index in [2.05, 4.69) is 24.0 Å². The smallest absolute Gasteiger partial charge is 0.0409 e. The van der Waals surface area contributed by atoms with Crippen LogP contribution in [0, 0.1) is 5.92 Å². The molecule has 0 saturated carbocycles. The molecule has 1 aromatic rings. The maximum atomic E-state index is 6.06. The molecule has 2 nitrogen and oxygen atoms in total. The first-order valence-corrected chi connectivity index (χ1v) is 7.28. The van der Waals surface area contributed by atoms with Gasteiger partial charge in [0, 0.05) is 11.1 Å². The van der Waals surface area contributed by atoms with Gasteiger partial charge in [-0.3, -0.25) is 4.90 Å². The van der Waals surface area contributed by atoms with Crippen LogP contribution in [0.1, 0.15) is 37.8 Å². The molecule has 1 atom stereocenters. The van der Waals surface area contributed by atoms with Gasteiger partial charge >= 0.3 is 0 Å². The molecule has 0 bridgehead atoms. The van der Waals surface area contributed by atoms with Crippen molar-refractivity contribution in [2.75, 3.05) is 19.6 Å². The van der Waals surface area contributed by atoms with E-state index >= 15 is 0 Å². The quantitative estimate of drug-likeness (QED) is 0.904. The first kappa shape index (κ1) is 13.9. The Bertz CT molecular complexity index is 373. The van der Waals surface area contributed by atoms with Crippen LogP contribution in [0.5, 0.6) is 0 Å². The lowest BCUT2D eigenvalue weighted by Gasteiger charge is -2.36. The minimum absolute atomic E-state index is 0.461. The number of hydrogen-bond acceptors (Lipinski definition) is 2. The van der Waals surface area contributed by atoms with Gasteiger partial charge in [-0.25, -0.2) is 0 Å². The summed E-state index contributed by atoms with van der Waals surface area (Å²) >= 11 is 6.06. The molecular weight excluding hydrogens is 244 g/mol. The van der Waals surface area contributed by atoms with Crippen LogP contribution in [0.3, 0.4) is 0 Å². The number of likely N-dealkylation sites (tertiary alicyclic amines) is 1. The van der Waals surface area contributed by atoms with Crippen molar-refractivity contribution < 1.29 is 0 Å². The highest BCUT2D eigenvalue weighted by atomic mass is 35.5. The fraction of sp³-hybridized carbons (Fsp3) is 0.600. The third-order valence-electron chi connectivity index (χ3n) is 4.10. The molecule has 1 fully saturated rings. The van der Waals surface area contributed by atoms with Crippen LogP contribution >= 0.6 is 11.6 Å². The SMILES string of the molecule is CC(c1cccc(Cl)c1)N1CCC(CCN)CC1. The van der Waals surface area contributed by atoms with Gasteiger partial charge in [-0.05, 0) is 69.4 Å². The Morgan fingerprint density at radius 3 is 2.72 bits per heavy atom. The Balaban J connectivity index is 1.93. The first-order chi connectivity index (χ1) is 8.70. The molecule has 0 amide bonds. The molecule has 1 unspecified atom stereocenters. The van der Waals surface area contributed by atoms with Gasteiger partial charge in [0.15, 0.2) is 0 Å². The van der Waals surface area contributed by atoms with Crippen molar-refractivity contribution in [2.45, 2.75) is 32.2 Å². The van der Waals surface area contributed by atoms with Gasteiger partial charge in [0.25, 0.3) is 0 Å². The number of nitrogens with zero attached hydrogens (tertiary/aromatic N) is 1. The van der Waals surface area contributed by atoms with Crippen LogP contribution in [0.4, 0.5) is 0 Å². The Morgan fingerprint density at radius 2 is 2.11 bits per heavy atom. The van der Waals surface area contributed by atoms with Crippen molar-refractivity contribution in [1.29, 1.82) is 0 Å². The van der Waals surface area contributed by atoms with Crippen molar-refractivity contribution in [1.82, 2.24) is 4.90 Å². The molecule has 18 heavy (non-hydrogen) atoms. The van der Waals surface area contributed by atoms with E-state index in [0.29, 0.717) is 6.04 Å². The first-order valence-electron chi connectivity index (χ1n) is 6.90. The van der Waals surface area contributed by atoms with Crippen LogP contribution < -0.4 is 5.73 Å². The zero-order valence-electron chi connectivity index (χ0n) is 11.1. The topological polar surface area (TPSA) is 29.3 Å². The second-order valence-corrected chi connectivity index (χ2v) is 5.72. The summed E-state index contributed by atoms with van der Waals surface area (Å²) in [6.45, 7) is 5.46. The van der Waals surface area contributed by atoms with E-state index in [9.17, 15) is 0 Å². The summed E-state index contributed by atoms with van der Waals surface area (Å²) in [6, 6.07) is 8.68. The Kier molecular flexibility index (Phi) is 5.04. The fourth-order valence-electron chi connectivity index (χ4n) is 2.84. The number of piperidine rings is 1. The molecule has 0 radical (unpaired) electrons. The molecular formula is C15H23ClN2. The second-order valence-electron chi connectivity index (χ2n) is 5.29. The monoisotopic (exact) mass is 266 g/mol. The predicted molar refractivity (Wildman–Crippen MR) is 77.8 cm³/mol. The molecule has 1 aliphatic heterocycles. The lowest BCUT2D eigenvalue weighted by atomic mass is 9.92. The van der Waals surface area contributed by atoms with E-state index in [1.54, 1.807) is 0 Å². The van der Waals surface area contributed by atoms with Gasteiger partial charge in [-0.15, -0.1) is 0 Å². The van der Waals surface area contributed by atoms with Crippen molar-refractivity contribution in [3.8, 4) is 0 Å². The fourth-order valence-corrected chi connectivity index (χ4v) is 3.04. The average Bonchev–Trinajstić information content (AvgIpc) is 2.39. The number of hydrogen-bond donors (Lipinski definition) is 1. The Hall–Kier alpha value is -0.570. The summed E-state index contributed by atoms with van der Waals surface area (Å²) in [4.78, 5) is 2.55. The molecule has 1 saturated heterocycles. The highest BCUT2D eigenvalue weighted by molar-refractivity contribution is 6.30. The van der Waals surface area contributed by atoms with E-state index < -0.39 is 0 Å². The van der Waals surface area contributed by atoms with Gasteiger partial charge < -0.3 is 5.73 Å². The maximum absolute atomic E-state index is 6.06. The molecule has 1 aliphatic rings. The predicted octanol–water partition coefficient (Wildman–Crippen LogP) is 3.46. The molecule has 1 heterocycles. The third kappa shape index (κ3) is 3.47. The summed E-state index contributed by atoms with van der Waals surface area (Å²) in [7, 11) is 0. The number of rotatable bonds is 4. The highest BCUT2D eigenvalue weighted by Gasteiger charge is 2.23. The van der Waals surface area contributed by atoms with E-state index in [-0.39, 0.29) is 0 Å². The zero-order chi connectivity index (χ0) is 13.0. The Labute approximate surface area is 115 Å². The van der Waals surface area contributed by atoms with E-state index in [1.165, 1.54) is 37.9 Å². The molecule has 100 valence electrons. The van der Waals surface area contributed by atoms with Crippen LogP contribution in [-0.4, -0.2) is 24.5 Å². The molecule has 0 aromatic heterocycles. The summed E-state index contributed by atoms with van der Waals surface area (Å²) < 4.78 is 0. The molecule has 3 heteroatoms. The lowest BCUT2D eigenvalue weighted by Crippen LogP contribution is -2.36. The van der Waals surface area contributed by atoms with Gasteiger partial charge in [-0.2, -0.15) is 0 Å². The van der Waals surface area contributed by atoms with Crippen LogP contribution in [0.15, 0.2) is 24.3 Å². The summed E-state index contributed by atoms with van der Waals surface area (Å²) in [5.41, 5.74) is 6.95. The van der Waals surface area contributed by atoms with Crippen LogP contribution in [-0.2, 0) is 0 Å². The van der Waals surface area contributed by atoms with Crippen LogP contribution in [0.2, 0.25) is 5.02 Å². The van der Waals surface area contributed by atoms with E-state index in [1.807, 2.05) is 12.1 Å². The number of nitrogens with two attached hydrogens (primary N) is 1. The van der Waals surface area contributed by atoms with E-state index in [0.717, 1.165) is 17.5 Å². The summed E-state index contributed by atoms with van der Waals surface area (Å²) in [5.74, 6) is 0.831. The van der Waals surface area contributed by atoms with Crippen molar-refractivity contribution in [3.05, 3.63) is 34.9 Å². The highest BCUT2D eigenvalue weighted by Crippen LogP contribution is 2.28. The Morgan fingerprint density at radius 1 is 1.39 bits per heavy atom. The van der Waals surface area contributed by atoms with E-state index in [4.69, 9.17) is 17.3 Å². The van der Waals surface area contributed by atoms with Gasteiger partial charge in [-0.1, -0.05) is 23.7 Å². The molecule has 0 spiro atoms. The largest absolute Gasteiger partial charge is 0.330 e. The minimum Gasteiger partial charge on any atom is -0.330 e. The molecule has 2 rings (SSSR count). The normalized spacial score (nSPS) is 19.9. The van der Waals surface area contributed by atoms with Gasteiger partial charge in [0.2, 0.25) is 0 Å². The minimum atomic E-state index is 0.461. The standard InChI is InChI=1S/C15H23ClN2/c1-12(14-3-2-4-15(16)11-14)18-9-6-13(5-8-17)7-10-18/h2-4,11-13H,5-10,17H2,1H3. The molecule has 1 aromatic carbocycles. The average molecular weight is 267 g/mol. The third-order valence-corrected chi connectivity index (χ3v) is 4.34. The van der Waals surface area contributed by atoms with Crippen molar-refractivity contribution in [2.24, 2.45) is 11.7 Å². The zero-order valence-corrected chi connectivity index (χ0v) is 11.9. The van der Waals surface area contributed by atoms with Gasteiger partial charge in [0.05, 0.1) is 0 Å². The lowest BCUT2D eigenvalue weighted by molar-refractivity contribution is 0.138. The molecule has 2 N–H and O–H groups in total. The number of benzene rings is 1.